The van der Waals surface area contributed by atoms with Gasteiger partial charge in [-0.3, -0.25) is 4.79 Å². The fourth-order valence-electron chi connectivity index (χ4n) is 3.84. The monoisotopic (exact) mass is 395 g/mol. The van der Waals surface area contributed by atoms with E-state index in [1.165, 1.54) is 6.07 Å². The normalized spacial score (nSPS) is 16.2. The fraction of sp³-hybridized carbons (Fsp3) is 0.333. The van der Waals surface area contributed by atoms with Crippen molar-refractivity contribution in [1.82, 2.24) is 19.9 Å². The van der Waals surface area contributed by atoms with E-state index in [2.05, 4.69) is 38.8 Å². The van der Waals surface area contributed by atoms with Crippen LogP contribution in [-0.2, 0) is 4.79 Å². The molecule has 1 saturated carbocycles. The van der Waals surface area contributed by atoms with Crippen molar-refractivity contribution in [2.45, 2.75) is 38.6 Å². The van der Waals surface area contributed by atoms with Gasteiger partial charge >= 0.3 is 5.97 Å². The van der Waals surface area contributed by atoms with Gasteiger partial charge in [-0.1, -0.05) is 26.0 Å². The predicted molar refractivity (Wildman–Crippen MR) is 109 cm³/mol. The first-order valence-corrected chi connectivity index (χ1v) is 9.50. The maximum atomic E-state index is 13.7. The topological polar surface area (TPSA) is 104 Å². The van der Waals surface area contributed by atoms with Crippen LogP contribution in [0.25, 0.3) is 28.5 Å². The van der Waals surface area contributed by atoms with E-state index >= 15 is 0 Å². The molecule has 8 heteroatoms. The van der Waals surface area contributed by atoms with Crippen molar-refractivity contribution < 1.29 is 14.3 Å². The zero-order valence-electron chi connectivity index (χ0n) is 16.1. The van der Waals surface area contributed by atoms with Crippen molar-refractivity contribution in [3.8, 4) is 11.4 Å². The molecule has 0 spiro atoms. The summed E-state index contributed by atoms with van der Waals surface area (Å²) in [5.74, 6) is -0.394. The Morgan fingerprint density at radius 3 is 2.90 bits per heavy atom. The lowest BCUT2D eigenvalue weighted by Gasteiger charge is -2.45. The summed E-state index contributed by atoms with van der Waals surface area (Å²) < 4.78 is 13.7. The van der Waals surface area contributed by atoms with Gasteiger partial charge in [0.1, 0.15) is 17.3 Å². The SMILES string of the molecule is C=Cc1cnc(-c2c[nH]c3ncc(F)cc23)nc1NC(CC(=O)O)C1(C)CCC1. The van der Waals surface area contributed by atoms with Crippen molar-refractivity contribution >= 4 is 28.9 Å². The van der Waals surface area contributed by atoms with Gasteiger partial charge in [0.05, 0.1) is 12.6 Å². The summed E-state index contributed by atoms with van der Waals surface area (Å²) in [6, 6.07) is 1.12. The number of H-pyrrole nitrogens is 1. The molecule has 3 N–H and O–H groups in total. The molecular weight excluding hydrogens is 373 g/mol. The number of aliphatic carboxylic acids is 1. The minimum Gasteiger partial charge on any atom is -0.481 e. The summed E-state index contributed by atoms with van der Waals surface area (Å²) in [6.45, 7) is 5.91. The van der Waals surface area contributed by atoms with Crippen LogP contribution in [0.5, 0.6) is 0 Å². The van der Waals surface area contributed by atoms with Gasteiger partial charge in [0.15, 0.2) is 5.82 Å². The molecule has 1 aliphatic rings. The second-order valence-corrected chi connectivity index (χ2v) is 7.76. The van der Waals surface area contributed by atoms with E-state index in [4.69, 9.17) is 0 Å². The van der Waals surface area contributed by atoms with E-state index in [1.54, 1.807) is 18.5 Å². The molecular formula is C21H22FN5O2. The lowest BCUT2D eigenvalue weighted by Crippen LogP contribution is -2.45. The second kappa shape index (κ2) is 7.27. The average molecular weight is 395 g/mol. The van der Waals surface area contributed by atoms with Crippen molar-refractivity contribution in [3.05, 3.63) is 42.6 Å². The van der Waals surface area contributed by atoms with Gasteiger partial charge < -0.3 is 15.4 Å². The molecule has 0 amide bonds. The Labute approximate surface area is 167 Å². The van der Waals surface area contributed by atoms with Gasteiger partial charge in [-0.2, -0.15) is 0 Å². The van der Waals surface area contributed by atoms with E-state index in [0.29, 0.717) is 33.8 Å². The summed E-state index contributed by atoms with van der Waals surface area (Å²) in [5, 5.41) is 13.3. The van der Waals surface area contributed by atoms with Crippen LogP contribution >= 0.6 is 0 Å². The number of carboxylic acids is 1. The highest BCUT2D eigenvalue weighted by Crippen LogP contribution is 2.45. The van der Waals surface area contributed by atoms with Gasteiger partial charge in [-0.05, 0) is 24.3 Å². The van der Waals surface area contributed by atoms with Crippen molar-refractivity contribution in [2.75, 3.05) is 5.32 Å². The molecule has 7 nitrogen and oxygen atoms in total. The molecule has 1 atom stereocenters. The number of aromatic nitrogens is 4. The molecule has 0 aliphatic heterocycles. The van der Waals surface area contributed by atoms with Gasteiger partial charge in [0.25, 0.3) is 0 Å². The largest absolute Gasteiger partial charge is 0.481 e. The van der Waals surface area contributed by atoms with Gasteiger partial charge in [-0.15, -0.1) is 0 Å². The highest BCUT2D eigenvalue weighted by molar-refractivity contribution is 5.91. The Bertz CT molecular complexity index is 1090. The highest BCUT2D eigenvalue weighted by Gasteiger charge is 2.41. The van der Waals surface area contributed by atoms with Crippen molar-refractivity contribution in [3.63, 3.8) is 0 Å². The molecule has 0 saturated heterocycles. The molecule has 150 valence electrons. The number of nitrogens with zero attached hydrogens (tertiary/aromatic N) is 3. The third kappa shape index (κ3) is 3.57. The van der Waals surface area contributed by atoms with E-state index in [1.807, 2.05) is 0 Å². The molecule has 1 fully saturated rings. The Kier molecular flexibility index (Phi) is 4.77. The summed E-state index contributed by atoms with van der Waals surface area (Å²) in [6.07, 6.45) is 9.10. The minimum absolute atomic E-state index is 0.00532. The van der Waals surface area contributed by atoms with E-state index in [-0.39, 0.29) is 17.9 Å². The van der Waals surface area contributed by atoms with Crippen molar-refractivity contribution in [1.29, 1.82) is 0 Å². The Hall–Kier alpha value is -3.29. The third-order valence-corrected chi connectivity index (χ3v) is 5.80. The van der Waals surface area contributed by atoms with Crippen LogP contribution in [0.3, 0.4) is 0 Å². The van der Waals surface area contributed by atoms with E-state index in [9.17, 15) is 14.3 Å². The number of nitrogens with one attached hydrogen (secondary N) is 2. The number of hydrogen-bond acceptors (Lipinski definition) is 5. The second-order valence-electron chi connectivity index (χ2n) is 7.76. The molecule has 1 unspecified atom stereocenters. The first-order chi connectivity index (χ1) is 13.9. The Morgan fingerprint density at radius 1 is 1.45 bits per heavy atom. The Morgan fingerprint density at radius 2 is 2.24 bits per heavy atom. The van der Waals surface area contributed by atoms with Crippen molar-refractivity contribution in [2.24, 2.45) is 5.41 Å². The van der Waals surface area contributed by atoms with E-state index < -0.39 is 11.8 Å². The van der Waals surface area contributed by atoms with Crippen LogP contribution in [-0.4, -0.2) is 37.1 Å². The number of halogens is 1. The number of pyridine rings is 1. The molecule has 0 bridgehead atoms. The summed E-state index contributed by atoms with van der Waals surface area (Å²) >= 11 is 0. The maximum Gasteiger partial charge on any atom is 0.305 e. The zero-order valence-corrected chi connectivity index (χ0v) is 16.1. The quantitative estimate of drug-likeness (QED) is 0.553. The first-order valence-electron chi connectivity index (χ1n) is 9.50. The van der Waals surface area contributed by atoms with Crippen LogP contribution in [0.1, 0.15) is 38.2 Å². The number of aromatic amines is 1. The summed E-state index contributed by atoms with van der Waals surface area (Å²) in [7, 11) is 0. The number of hydrogen-bond donors (Lipinski definition) is 3. The van der Waals surface area contributed by atoms with Crippen LogP contribution in [0.15, 0.2) is 31.2 Å². The van der Waals surface area contributed by atoms with Crippen LogP contribution < -0.4 is 5.32 Å². The molecule has 4 rings (SSSR count). The molecule has 0 radical (unpaired) electrons. The lowest BCUT2D eigenvalue weighted by atomic mass is 9.64. The molecule has 3 heterocycles. The Balaban J connectivity index is 1.74. The standard InChI is InChI=1S/C21H22FN5O2/c1-3-12-9-23-20(15-11-25-19-14(15)7-13(22)10-24-19)27-18(12)26-16(8-17(28)29)21(2)5-4-6-21/h3,7,9-11,16H,1,4-6,8H2,2H3,(H,24,25)(H,28,29)(H,23,26,27). The summed E-state index contributed by atoms with van der Waals surface area (Å²) in [5.41, 5.74) is 1.74. The highest BCUT2D eigenvalue weighted by atomic mass is 19.1. The lowest BCUT2D eigenvalue weighted by molar-refractivity contribution is -0.138. The smallest absolute Gasteiger partial charge is 0.305 e. The molecule has 0 aromatic carbocycles. The molecule has 3 aromatic rings. The fourth-order valence-corrected chi connectivity index (χ4v) is 3.84. The number of carboxylic acid groups (broad SMARTS) is 1. The summed E-state index contributed by atoms with van der Waals surface area (Å²) in [4.78, 5) is 27.5. The number of anilines is 1. The maximum absolute atomic E-state index is 13.7. The van der Waals surface area contributed by atoms with Crippen LogP contribution in [0, 0.1) is 11.2 Å². The molecule has 29 heavy (non-hydrogen) atoms. The molecule has 3 aromatic heterocycles. The third-order valence-electron chi connectivity index (χ3n) is 5.80. The predicted octanol–water partition coefficient (Wildman–Crippen LogP) is 4.25. The molecule has 1 aliphatic carbocycles. The van der Waals surface area contributed by atoms with Gasteiger partial charge in [0, 0.05) is 34.9 Å². The minimum atomic E-state index is -0.858. The average Bonchev–Trinajstić information content (AvgIpc) is 3.08. The first kappa shape index (κ1) is 19.0. The van der Waals surface area contributed by atoms with E-state index in [0.717, 1.165) is 25.5 Å². The number of fused-ring (bicyclic) bond motifs is 1. The zero-order chi connectivity index (χ0) is 20.6. The van der Waals surface area contributed by atoms with Crippen LogP contribution in [0.4, 0.5) is 10.2 Å². The van der Waals surface area contributed by atoms with Gasteiger partial charge in [-0.25, -0.2) is 19.3 Å². The number of rotatable bonds is 7. The van der Waals surface area contributed by atoms with Crippen LogP contribution in [0.2, 0.25) is 0 Å². The number of carbonyl (C=O) groups is 1. The van der Waals surface area contributed by atoms with Gasteiger partial charge in [0.2, 0.25) is 0 Å².